The Morgan fingerprint density at radius 2 is 1.81 bits per heavy atom. The first kappa shape index (κ1) is 10.1. The van der Waals surface area contributed by atoms with Crippen molar-refractivity contribution in [1.29, 1.82) is 0 Å². The highest BCUT2D eigenvalue weighted by Gasteiger charge is 2.01. The van der Waals surface area contributed by atoms with Gasteiger partial charge in [-0.15, -0.1) is 0 Å². The Labute approximate surface area is 90.5 Å². The third kappa shape index (κ3) is 1.98. The summed E-state index contributed by atoms with van der Waals surface area (Å²) in [5.41, 5.74) is 0.402. The van der Waals surface area contributed by atoms with E-state index >= 15 is 0 Å². The Kier molecular flexibility index (Phi) is 2.51. The molecule has 0 bridgehead atoms. The number of hydrogen-bond acceptors (Lipinski definition) is 3. The molecule has 0 radical (unpaired) electrons. The van der Waals surface area contributed by atoms with Crippen LogP contribution in [0.1, 0.15) is 5.56 Å². The smallest absolute Gasteiger partial charge is 0.291 e. The molecule has 2 rings (SSSR count). The second-order valence-corrected chi connectivity index (χ2v) is 3.17. The molecule has 0 atom stereocenters. The van der Waals surface area contributed by atoms with Crippen molar-refractivity contribution in [3.63, 3.8) is 0 Å². The van der Waals surface area contributed by atoms with E-state index in [4.69, 9.17) is 0 Å². The number of aromatic nitrogens is 3. The molecule has 0 fully saturated rings. The van der Waals surface area contributed by atoms with Crippen LogP contribution in [-0.2, 0) is 0 Å². The Morgan fingerprint density at radius 3 is 2.38 bits per heavy atom. The highest BCUT2D eigenvalue weighted by Crippen LogP contribution is 2.13. The fourth-order valence-electron chi connectivity index (χ4n) is 1.31. The summed E-state index contributed by atoms with van der Waals surface area (Å²) < 4.78 is 0. The predicted molar refractivity (Wildman–Crippen MR) is 61.0 cm³/mol. The first-order valence-electron chi connectivity index (χ1n) is 4.62. The minimum Gasteiger partial charge on any atom is -0.291 e. The van der Waals surface area contributed by atoms with Gasteiger partial charge in [-0.05, 0) is 5.56 Å². The van der Waals surface area contributed by atoms with Crippen LogP contribution in [0.25, 0.3) is 17.5 Å². The van der Waals surface area contributed by atoms with Crippen molar-refractivity contribution in [2.45, 2.75) is 0 Å². The molecule has 0 aliphatic carbocycles. The van der Waals surface area contributed by atoms with Crippen LogP contribution in [0.15, 0.2) is 40.4 Å². The van der Waals surface area contributed by atoms with Crippen LogP contribution >= 0.6 is 0 Å². The van der Waals surface area contributed by atoms with E-state index in [0.717, 1.165) is 5.56 Å². The maximum absolute atomic E-state index is 11.0. The number of nitrogens with zero attached hydrogens (tertiary/aromatic N) is 1. The van der Waals surface area contributed by atoms with Crippen LogP contribution in [0.2, 0.25) is 0 Å². The van der Waals surface area contributed by atoms with Crippen molar-refractivity contribution >= 4 is 6.08 Å². The lowest BCUT2D eigenvalue weighted by Crippen LogP contribution is -2.25. The fourth-order valence-corrected chi connectivity index (χ4v) is 1.31. The molecule has 5 heteroatoms. The van der Waals surface area contributed by atoms with Crippen LogP contribution < -0.4 is 11.4 Å². The fraction of sp³-hybridized carbons (Fsp3) is 0. The van der Waals surface area contributed by atoms with E-state index in [1.165, 1.54) is 0 Å². The second-order valence-electron chi connectivity index (χ2n) is 3.17. The largest absolute Gasteiger partial charge is 0.351 e. The van der Waals surface area contributed by atoms with E-state index in [0.29, 0.717) is 5.56 Å². The lowest BCUT2D eigenvalue weighted by atomic mass is 10.1. The summed E-state index contributed by atoms with van der Waals surface area (Å²) >= 11 is 0. The quantitative estimate of drug-likeness (QED) is 0.776. The van der Waals surface area contributed by atoms with E-state index in [2.05, 4.69) is 16.5 Å². The maximum Gasteiger partial charge on any atom is 0.351 e. The molecule has 2 aromatic rings. The van der Waals surface area contributed by atoms with E-state index < -0.39 is 11.4 Å². The Balaban J connectivity index is 2.54. The normalized spacial score (nSPS) is 10.0. The van der Waals surface area contributed by atoms with Crippen LogP contribution in [0.5, 0.6) is 0 Å². The third-order valence-electron chi connectivity index (χ3n) is 2.09. The molecule has 0 aliphatic heterocycles. The first-order valence-corrected chi connectivity index (χ1v) is 4.62. The molecule has 0 spiro atoms. The van der Waals surface area contributed by atoms with Crippen molar-refractivity contribution in [2.24, 2.45) is 0 Å². The van der Waals surface area contributed by atoms with E-state index in [-0.39, 0.29) is 5.82 Å². The van der Waals surface area contributed by atoms with Crippen molar-refractivity contribution < 1.29 is 0 Å². The molecule has 16 heavy (non-hydrogen) atoms. The zero-order valence-electron chi connectivity index (χ0n) is 8.36. The van der Waals surface area contributed by atoms with Gasteiger partial charge in [0.25, 0.3) is 0 Å². The first-order chi connectivity index (χ1) is 7.69. The van der Waals surface area contributed by atoms with Gasteiger partial charge in [0.1, 0.15) is 5.82 Å². The van der Waals surface area contributed by atoms with Gasteiger partial charge >= 0.3 is 11.4 Å². The van der Waals surface area contributed by atoms with Crippen LogP contribution in [0.3, 0.4) is 0 Å². The van der Waals surface area contributed by atoms with Gasteiger partial charge in [-0.2, -0.15) is 4.98 Å². The van der Waals surface area contributed by atoms with Gasteiger partial charge in [-0.25, -0.2) is 9.59 Å². The van der Waals surface area contributed by atoms with Gasteiger partial charge in [0.15, 0.2) is 0 Å². The molecule has 0 aliphatic rings. The number of rotatable bonds is 2. The number of aromatic amines is 2. The maximum atomic E-state index is 11.0. The lowest BCUT2D eigenvalue weighted by molar-refractivity contribution is 0.943. The van der Waals surface area contributed by atoms with Crippen LogP contribution in [0.4, 0.5) is 0 Å². The van der Waals surface area contributed by atoms with Gasteiger partial charge < -0.3 is 0 Å². The molecule has 1 aromatic carbocycles. The number of hydrogen-bond donors (Lipinski definition) is 2. The molecule has 1 heterocycles. The standard InChI is InChI=1S/C11H9N3O2/c1-2-7-3-5-8(6-4-7)9-12-10(15)14-11(16)13-9/h2-6H,1H2,(H2,12,13,14,15,16). The summed E-state index contributed by atoms with van der Waals surface area (Å²) in [6, 6.07) is 7.16. The third-order valence-corrected chi connectivity index (χ3v) is 2.09. The Morgan fingerprint density at radius 1 is 1.12 bits per heavy atom. The summed E-state index contributed by atoms with van der Waals surface area (Å²) in [5.74, 6) is 0.254. The molecule has 0 amide bonds. The minimum absolute atomic E-state index is 0.254. The summed E-state index contributed by atoms with van der Waals surface area (Å²) in [5, 5.41) is 0. The van der Waals surface area contributed by atoms with Gasteiger partial charge in [0, 0.05) is 5.56 Å². The van der Waals surface area contributed by atoms with Gasteiger partial charge in [0.2, 0.25) is 0 Å². The number of benzene rings is 1. The van der Waals surface area contributed by atoms with Gasteiger partial charge in [-0.1, -0.05) is 36.9 Å². The van der Waals surface area contributed by atoms with E-state index in [9.17, 15) is 9.59 Å². The average molecular weight is 215 g/mol. The monoisotopic (exact) mass is 215 g/mol. The van der Waals surface area contributed by atoms with Crippen molar-refractivity contribution in [1.82, 2.24) is 15.0 Å². The Hall–Kier alpha value is -2.43. The van der Waals surface area contributed by atoms with Crippen LogP contribution in [0, 0.1) is 0 Å². The molecular weight excluding hydrogens is 206 g/mol. The number of H-pyrrole nitrogens is 2. The number of nitrogens with one attached hydrogen (secondary N) is 2. The lowest BCUT2D eigenvalue weighted by Gasteiger charge is -1.99. The molecule has 80 valence electrons. The average Bonchev–Trinajstić information content (AvgIpc) is 2.28. The second kappa shape index (κ2) is 3.98. The highest BCUT2D eigenvalue weighted by atomic mass is 16.2. The molecule has 1 aromatic heterocycles. The zero-order valence-corrected chi connectivity index (χ0v) is 8.36. The van der Waals surface area contributed by atoms with Crippen LogP contribution in [-0.4, -0.2) is 15.0 Å². The SMILES string of the molecule is C=Cc1ccc(-c2nc(=O)[nH]c(=O)[nH]2)cc1. The van der Waals surface area contributed by atoms with Crippen molar-refractivity contribution in [3.8, 4) is 11.4 Å². The molecule has 5 nitrogen and oxygen atoms in total. The minimum atomic E-state index is -0.661. The van der Waals surface area contributed by atoms with Crippen molar-refractivity contribution in [3.05, 3.63) is 57.4 Å². The molecular formula is C11H9N3O2. The van der Waals surface area contributed by atoms with Gasteiger partial charge in [0.05, 0.1) is 0 Å². The summed E-state index contributed by atoms with van der Waals surface area (Å²) in [4.78, 5) is 30.2. The zero-order chi connectivity index (χ0) is 11.5. The van der Waals surface area contributed by atoms with E-state index in [1.54, 1.807) is 18.2 Å². The molecule has 0 unspecified atom stereocenters. The summed E-state index contributed by atoms with van der Waals surface area (Å²) in [6.45, 7) is 3.63. The molecule has 0 saturated carbocycles. The molecule has 0 saturated heterocycles. The van der Waals surface area contributed by atoms with Crippen molar-refractivity contribution in [2.75, 3.05) is 0 Å². The predicted octanol–water partition coefficient (Wildman–Crippen LogP) is 0.768. The Bertz CT molecular complexity index is 594. The topological polar surface area (TPSA) is 78.6 Å². The van der Waals surface area contributed by atoms with E-state index in [1.807, 2.05) is 17.1 Å². The summed E-state index contributed by atoms with van der Waals surface area (Å²) in [7, 11) is 0. The molecule has 2 N–H and O–H groups in total. The highest BCUT2D eigenvalue weighted by molar-refractivity contribution is 5.58. The van der Waals surface area contributed by atoms with Gasteiger partial charge in [-0.3, -0.25) is 9.97 Å². The summed E-state index contributed by atoms with van der Waals surface area (Å²) in [6.07, 6.45) is 1.71.